The van der Waals surface area contributed by atoms with E-state index in [1.807, 2.05) is 4.90 Å². The molecule has 0 unspecified atom stereocenters. The van der Waals surface area contributed by atoms with E-state index in [0.29, 0.717) is 19.0 Å². The Balaban J connectivity index is 1.60. The molecule has 0 bridgehead atoms. The quantitative estimate of drug-likeness (QED) is 0.850. The van der Waals surface area contributed by atoms with Crippen LogP contribution in [0.15, 0.2) is 16.9 Å². The number of nitrogens with zero attached hydrogens (tertiary/aromatic N) is 4. The molecule has 2 N–H and O–H groups in total. The molecule has 2 heterocycles. The van der Waals surface area contributed by atoms with Crippen molar-refractivity contribution in [3.05, 3.63) is 16.9 Å². The average molecular weight is 326 g/mol. The molecule has 102 valence electrons. The van der Waals surface area contributed by atoms with E-state index in [0.717, 1.165) is 30.4 Å². The summed E-state index contributed by atoms with van der Waals surface area (Å²) >= 11 is 3.32. The van der Waals surface area contributed by atoms with Crippen molar-refractivity contribution in [2.75, 3.05) is 31.1 Å². The Morgan fingerprint density at radius 2 is 1.79 bits per heavy atom. The van der Waals surface area contributed by atoms with Crippen LogP contribution in [-0.2, 0) is 4.79 Å². The normalized spacial score (nSPS) is 21.4. The molecule has 19 heavy (non-hydrogen) atoms. The Morgan fingerprint density at radius 3 is 2.32 bits per heavy atom. The van der Waals surface area contributed by atoms with Crippen LogP contribution in [0.5, 0.6) is 0 Å². The first kappa shape index (κ1) is 12.8. The number of hydrogen-bond donors (Lipinski definition) is 1. The van der Waals surface area contributed by atoms with Crippen LogP contribution >= 0.6 is 15.9 Å². The number of amides is 1. The minimum absolute atomic E-state index is 0.101. The first-order valence-corrected chi connectivity index (χ1v) is 7.18. The number of halogens is 1. The summed E-state index contributed by atoms with van der Waals surface area (Å²) in [4.78, 5) is 24.6. The van der Waals surface area contributed by atoms with Crippen molar-refractivity contribution in [3.8, 4) is 0 Å². The van der Waals surface area contributed by atoms with Crippen molar-refractivity contribution >= 4 is 27.8 Å². The molecule has 0 aromatic carbocycles. The predicted molar refractivity (Wildman–Crippen MR) is 74.7 cm³/mol. The van der Waals surface area contributed by atoms with E-state index in [1.165, 1.54) is 0 Å². The van der Waals surface area contributed by atoms with Crippen LogP contribution in [0.3, 0.4) is 0 Å². The molecule has 0 spiro atoms. The predicted octanol–water partition coefficient (Wildman–Crippen LogP) is 0.379. The molecule has 3 rings (SSSR count). The van der Waals surface area contributed by atoms with Gasteiger partial charge in [-0.3, -0.25) is 4.79 Å². The van der Waals surface area contributed by atoms with Crippen LogP contribution in [0.2, 0.25) is 0 Å². The van der Waals surface area contributed by atoms with Gasteiger partial charge in [0.1, 0.15) is 0 Å². The highest BCUT2D eigenvalue weighted by atomic mass is 79.9. The summed E-state index contributed by atoms with van der Waals surface area (Å²) in [5, 5.41) is 0. The lowest BCUT2D eigenvalue weighted by atomic mass is 10.2. The van der Waals surface area contributed by atoms with Gasteiger partial charge in [-0.15, -0.1) is 0 Å². The largest absolute Gasteiger partial charge is 0.338 e. The van der Waals surface area contributed by atoms with E-state index in [2.05, 4.69) is 30.8 Å². The fourth-order valence-electron chi connectivity index (χ4n) is 2.24. The van der Waals surface area contributed by atoms with Gasteiger partial charge in [0, 0.05) is 38.6 Å². The molecule has 1 aliphatic carbocycles. The van der Waals surface area contributed by atoms with Gasteiger partial charge in [0.2, 0.25) is 11.9 Å². The maximum atomic E-state index is 12.1. The number of piperazine rings is 1. The van der Waals surface area contributed by atoms with Gasteiger partial charge < -0.3 is 15.5 Å². The number of carbonyl (C=O) groups is 1. The third-order valence-electron chi connectivity index (χ3n) is 3.67. The van der Waals surface area contributed by atoms with Crippen LogP contribution in [0, 0.1) is 0 Å². The molecule has 6 nitrogen and oxygen atoms in total. The molecule has 1 amide bonds. The van der Waals surface area contributed by atoms with Crippen molar-refractivity contribution < 1.29 is 4.79 Å². The Bertz CT molecular complexity index is 479. The molecule has 0 atom stereocenters. The lowest BCUT2D eigenvalue weighted by Crippen LogP contribution is -2.54. The summed E-state index contributed by atoms with van der Waals surface area (Å²) in [6.07, 6.45) is 5.11. The van der Waals surface area contributed by atoms with Crippen molar-refractivity contribution in [2.24, 2.45) is 5.73 Å². The summed E-state index contributed by atoms with van der Waals surface area (Å²) < 4.78 is 0.865. The topological polar surface area (TPSA) is 75.4 Å². The van der Waals surface area contributed by atoms with E-state index >= 15 is 0 Å². The van der Waals surface area contributed by atoms with E-state index in [-0.39, 0.29) is 5.91 Å². The van der Waals surface area contributed by atoms with Crippen LogP contribution < -0.4 is 10.6 Å². The Morgan fingerprint density at radius 1 is 1.21 bits per heavy atom. The van der Waals surface area contributed by atoms with Crippen LogP contribution in [0.25, 0.3) is 0 Å². The maximum Gasteiger partial charge on any atom is 0.242 e. The molecule has 1 aromatic rings. The molecule has 0 radical (unpaired) electrons. The fraction of sp³-hybridized carbons (Fsp3) is 0.583. The van der Waals surface area contributed by atoms with Crippen molar-refractivity contribution in [1.29, 1.82) is 0 Å². The number of nitrogens with two attached hydrogens (primary N) is 1. The second kappa shape index (κ2) is 4.72. The second-order valence-electron chi connectivity index (χ2n) is 5.14. The average Bonchev–Trinajstić information content (AvgIpc) is 3.18. The summed E-state index contributed by atoms with van der Waals surface area (Å²) in [6.45, 7) is 2.89. The molecule has 1 aromatic heterocycles. The zero-order chi connectivity index (χ0) is 13.5. The van der Waals surface area contributed by atoms with Gasteiger partial charge in [0.25, 0.3) is 0 Å². The van der Waals surface area contributed by atoms with E-state index in [4.69, 9.17) is 5.73 Å². The highest BCUT2D eigenvalue weighted by molar-refractivity contribution is 9.10. The monoisotopic (exact) mass is 325 g/mol. The Kier molecular flexibility index (Phi) is 3.18. The molecule has 1 saturated heterocycles. The van der Waals surface area contributed by atoms with Crippen LogP contribution in [0.1, 0.15) is 12.8 Å². The number of anilines is 1. The summed E-state index contributed by atoms with van der Waals surface area (Å²) in [7, 11) is 0. The summed E-state index contributed by atoms with van der Waals surface area (Å²) in [5.41, 5.74) is 5.39. The first-order chi connectivity index (χ1) is 9.08. The van der Waals surface area contributed by atoms with Gasteiger partial charge in [-0.05, 0) is 28.8 Å². The van der Waals surface area contributed by atoms with Gasteiger partial charge in [-0.25, -0.2) is 9.97 Å². The molecule has 2 fully saturated rings. The van der Waals surface area contributed by atoms with Crippen LogP contribution in [0.4, 0.5) is 5.95 Å². The van der Waals surface area contributed by atoms with E-state index < -0.39 is 5.54 Å². The summed E-state index contributed by atoms with van der Waals surface area (Å²) in [5.74, 6) is 0.813. The first-order valence-electron chi connectivity index (χ1n) is 6.39. The van der Waals surface area contributed by atoms with Gasteiger partial charge >= 0.3 is 0 Å². The molecule has 1 saturated carbocycles. The van der Waals surface area contributed by atoms with Gasteiger partial charge in [0.15, 0.2) is 0 Å². The number of rotatable bonds is 2. The third-order valence-corrected chi connectivity index (χ3v) is 4.08. The lowest BCUT2D eigenvalue weighted by molar-refractivity contribution is -0.133. The molecule has 7 heteroatoms. The van der Waals surface area contributed by atoms with Crippen molar-refractivity contribution in [1.82, 2.24) is 14.9 Å². The van der Waals surface area contributed by atoms with Crippen LogP contribution in [-0.4, -0.2) is 52.5 Å². The van der Waals surface area contributed by atoms with E-state index in [9.17, 15) is 4.79 Å². The maximum absolute atomic E-state index is 12.1. The standard InChI is InChI=1S/C12H16BrN5O/c13-9-7-15-11(16-8-9)18-5-3-17(4-6-18)10(19)12(14)1-2-12/h7-8H,1-6,14H2. The minimum Gasteiger partial charge on any atom is -0.338 e. The van der Waals surface area contributed by atoms with Gasteiger partial charge in [-0.1, -0.05) is 0 Å². The Labute approximate surface area is 120 Å². The number of hydrogen-bond acceptors (Lipinski definition) is 5. The zero-order valence-corrected chi connectivity index (χ0v) is 12.1. The summed E-state index contributed by atoms with van der Waals surface area (Å²) in [6, 6.07) is 0. The van der Waals surface area contributed by atoms with Gasteiger partial charge in [-0.2, -0.15) is 0 Å². The lowest BCUT2D eigenvalue weighted by Gasteiger charge is -2.35. The fourth-order valence-corrected chi connectivity index (χ4v) is 2.45. The Hall–Kier alpha value is -1.21. The number of aromatic nitrogens is 2. The molecular formula is C12H16BrN5O. The van der Waals surface area contributed by atoms with Crippen molar-refractivity contribution in [3.63, 3.8) is 0 Å². The number of carbonyl (C=O) groups excluding carboxylic acids is 1. The second-order valence-corrected chi connectivity index (χ2v) is 6.05. The minimum atomic E-state index is -0.559. The van der Waals surface area contributed by atoms with Crippen molar-refractivity contribution in [2.45, 2.75) is 18.4 Å². The smallest absolute Gasteiger partial charge is 0.242 e. The van der Waals surface area contributed by atoms with E-state index in [1.54, 1.807) is 12.4 Å². The molecular weight excluding hydrogens is 310 g/mol. The molecule has 2 aliphatic rings. The van der Waals surface area contributed by atoms with Gasteiger partial charge in [0.05, 0.1) is 10.0 Å². The molecule has 1 aliphatic heterocycles. The highest BCUT2D eigenvalue weighted by Crippen LogP contribution is 2.34. The third kappa shape index (κ3) is 2.57. The SMILES string of the molecule is NC1(C(=O)N2CCN(c3ncc(Br)cn3)CC2)CC1. The highest BCUT2D eigenvalue weighted by Gasteiger charge is 2.48. The zero-order valence-electron chi connectivity index (χ0n) is 10.5.